The minimum atomic E-state index is -4.31. The van der Waals surface area contributed by atoms with Gasteiger partial charge < -0.3 is 10.4 Å². The first-order valence-corrected chi connectivity index (χ1v) is 4.02. The van der Waals surface area contributed by atoms with Gasteiger partial charge in [0.05, 0.1) is 5.56 Å². The molecule has 1 rings (SSSR count). The maximum atomic E-state index is 12.5. The van der Waals surface area contributed by atoms with Crippen LogP contribution in [0.2, 0.25) is 0 Å². The normalized spacial score (nSPS) is 10.9. The first-order chi connectivity index (χ1) is 7.33. The zero-order chi connectivity index (χ0) is 12.3. The number of hydrogen-bond donors (Lipinski definition) is 2. The van der Waals surface area contributed by atoms with Crippen molar-refractivity contribution in [3.8, 4) is 0 Å². The van der Waals surface area contributed by atoms with Gasteiger partial charge in [0, 0.05) is 5.69 Å². The van der Waals surface area contributed by atoms with Crippen LogP contribution in [0, 0.1) is 0 Å². The SMILES string of the molecule is O=C(O)c1ccc(NC(F)(F)C(=O)F)cc1. The lowest BCUT2D eigenvalue weighted by molar-refractivity contribution is -0.151. The number of nitrogens with one attached hydrogen (secondary N) is 1. The molecule has 0 unspecified atom stereocenters. The van der Waals surface area contributed by atoms with Gasteiger partial charge in [-0.1, -0.05) is 0 Å². The van der Waals surface area contributed by atoms with Gasteiger partial charge >= 0.3 is 18.1 Å². The van der Waals surface area contributed by atoms with Gasteiger partial charge in [-0.25, -0.2) is 4.79 Å². The van der Waals surface area contributed by atoms with Crippen molar-refractivity contribution in [3.63, 3.8) is 0 Å². The van der Waals surface area contributed by atoms with Gasteiger partial charge in [0.25, 0.3) is 0 Å². The maximum absolute atomic E-state index is 12.5. The highest BCUT2D eigenvalue weighted by Crippen LogP contribution is 2.20. The van der Waals surface area contributed by atoms with Crippen LogP contribution in [-0.4, -0.2) is 23.2 Å². The third-order valence-electron chi connectivity index (χ3n) is 1.68. The quantitative estimate of drug-likeness (QED) is 0.615. The number of carbonyl (C=O) groups excluding carboxylic acids is 1. The Kier molecular flexibility index (Phi) is 3.17. The molecule has 16 heavy (non-hydrogen) atoms. The minimum absolute atomic E-state index is 0.111. The highest BCUT2D eigenvalue weighted by Gasteiger charge is 2.39. The Labute approximate surface area is 87.7 Å². The third-order valence-corrected chi connectivity index (χ3v) is 1.68. The summed E-state index contributed by atoms with van der Waals surface area (Å²) in [6, 6.07) is -3.03. The van der Waals surface area contributed by atoms with Gasteiger partial charge in [0.1, 0.15) is 0 Å². The molecular weight excluding hydrogens is 227 g/mol. The van der Waals surface area contributed by atoms with Crippen molar-refractivity contribution in [3.05, 3.63) is 29.8 Å². The standard InChI is InChI=1S/C9H6F3NO3/c10-8(16)9(11,12)13-6-3-1-5(2-4-6)7(14)15/h1-4,13H,(H,14,15). The van der Waals surface area contributed by atoms with E-state index in [1.165, 1.54) is 5.32 Å². The lowest BCUT2D eigenvalue weighted by atomic mass is 10.2. The number of carbonyl (C=O) groups is 2. The molecule has 0 radical (unpaired) electrons. The van der Waals surface area contributed by atoms with Gasteiger partial charge in [-0.2, -0.15) is 13.2 Å². The second-order valence-electron chi connectivity index (χ2n) is 2.86. The molecule has 2 N–H and O–H groups in total. The van der Waals surface area contributed by atoms with Crippen LogP contribution < -0.4 is 5.32 Å². The van der Waals surface area contributed by atoms with Crippen LogP contribution in [0.4, 0.5) is 18.9 Å². The van der Waals surface area contributed by atoms with Gasteiger partial charge in [-0.05, 0) is 24.3 Å². The number of hydrogen-bond acceptors (Lipinski definition) is 3. The molecule has 86 valence electrons. The van der Waals surface area contributed by atoms with Crippen molar-refractivity contribution in [2.75, 3.05) is 5.32 Å². The summed E-state index contributed by atoms with van der Waals surface area (Å²) in [4.78, 5) is 20.3. The van der Waals surface area contributed by atoms with Crippen LogP contribution in [0.15, 0.2) is 24.3 Å². The summed E-state index contributed by atoms with van der Waals surface area (Å²) in [6.45, 7) is 0. The number of carboxylic acid groups (broad SMARTS) is 1. The highest BCUT2D eigenvalue weighted by atomic mass is 19.3. The lowest BCUT2D eigenvalue weighted by Gasteiger charge is -2.13. The fourth-order valence-corrected chi connectivity index (χ4v) is 0.927. The summed E-state index contributed by atoms with van der Waals surface area (Å²) in [6.07, 6.45) is 0. The zero-order valence-corrected chi connectivity index (χ0v) is 7.71. The van der Waals surface area contributed by atoms with E-state index in [4.69, 9.17) is 5.11 Å². The molecule has 0 fully saturated rings. The Bertz CT molecular complexity index is 417. The van der Waals surface area contributed by atoms with E-state index in [2.05, 4.69) is 0 Å². The smallest absolute Gasteiger partial charge is 0.414 e. The molecule has 0 saturated carbocycles. The molecular formula is C9H6F3NO3. The molecule has 0 spiro atoms. The van der Waals surface area contributed by atoms with Crippen LogP contribution in [0.25, 0.3) is 0 Å². The Morgan fingerprint density at radius 3 is 2.06 bits per heavy atom. The molecule has 7 heteroatoms. The highest BCUT2D eigenvalue weighted by molar-refractivity contribution is 5.88. The second kappa shape index (κ2) is 4.21. The van der Waals surface area contributed by atoms with E-state index >= 15 is 0 Å². The third kappa shape index (κ3) is 2.72. The number of aromatic carboxylic acids is 1. The first kappa shape index (κ1) is 12.0. The van der Waals surface area contributed by atoms with Crippen molar-refractivity contribution in [2.45, 2.75) is 6.05 Å². The summed E-state index contributed by atoms with van der Waals surface area (Å²) in [5.74, 6) is -1.22. The average Bonchev–Trinajstić information content (AvgIpc) is 2.17. The van der Waals surface area contributed by atoms with Gasteiger partial charge in [0.15, 0.2) is 0 Å². The molecule has 0 amide bonds. The van der Waals surface area contributed by atoms with E-state index in [0.29, 0.717) is 0 Å². The van der Waals surface area contributed by atoms with Gasteiger partial charge in [-0.3, -0.25) is 4.79 Å². The Morgan fingerprint density at radius 2 is 1.69 bits per heavy atom. The van der Waals surface area contributed by atoms with Crippen molar-refractivity contribution in [1.29, 1.82) is 0 Å². The van der Waals surface area contributed by atoms with Crippen LogP contribution in [0.1, 0.15) is 10.4 Å². The van der Waals surface area contributed by atoms with Crippen LogP contribution in [0.3, 0.4) is 0 Å². The fourth-order valence-electron chi connectivity index (χ4n) is 0.927. The number of anilines is 1. The van der Waals surface area contributed by atoms with Crippen molar-refractivity contribution >= 4 is 17.7 Å². The molecule has 4 nitrogen and oxygen atoms in total. The van der Waals surface area contributed by atoms with Crippen LogP contribution in [-0.2, 0) is 4.79 Å². The first-order valence-electron chi connectivity index (χ1n) is 4.02. The largest absolute Gasteiger partial charge is 0.478 e. The van der Waals surface area contributed by atoms with E-state index < -0.39 is 18.1 Å². The summed E-state index contributed by atoms with van der Waals surface area (Å²) >= 11 is 0. The monoisotopic (exact) mass is 233 g/mol. The average molecular weight is 233 g/mol. The van der Waals surface area contributed by atoms with Crippen molar-refractivity contribution < 1.29 is 27.9 Å². The topological polar surface area (TPSA) is 66.4 Å². The second-order valence-corrected chi connectivity index (χ2v) is 2.86. The van der Waals surface area contributed by atoms with E-state index in [1.54, 1.807) is 0 Å². The predicted octanol–water partition coefficient (Wildman–Crippen LogP) is 1.89. The summed E-state index contributed by atoms with van der Waals surface area (Å²) in [5.41, 5.74) is -0.374. The molecule has 0 aliphatic rings. The number of carboxylic acids is 1. The number of alkyl halides is 2. The summed E-state index contributed by atoms with van der Waals surface area (Å²) in [5, 5.41) is 9.85. The Hall–Kier alpha value is -2.05. The molecule has 1 aromatic rings. The maximum Gasteiger partial charge on any atom is 0.414 e. The number of benzene rings is 1. The molecule has 0 atom stereocenters. The number of halogens is 3. The molecule has 0 aliphatic carbocycles. The molecule has 0 saturated heterocycles. The van der Waals surface area contributed by atoms with Crippen molar-refractivity contribution in [1.82, 2.24) is 0 Å². The lowest BCUT2D eigenvalue weighted by Crippen LogP contribution is -2.34. The molecule has 0 bridgehead atoms. The number of rotatable bonds is 4. The van der Waals surface area contributed by atoms with Gasteiger partial charge in [0.2, 0.25) is 0 Å². The van der Waals surface area contributed by atoms with Crippen molar-refractivity contribution in [2.24, 2.45) is 0 Å². The molecule has 0 heterocycles. The predicted molar refractivity (Wildman–Crippen MR) is 48.1 cm³/mol. The minimum Gasteiger partial charge on any atom is -0.478 e. The zero-order valence-electron chi connectivity index (χ0n) is 7.71. The van der Waals surface area contributed by atoms with E-state index in [-0.39, 0.29) is 11.3 Å². The van der Waals surface area contributed by atoms with Crippen LogP contribution >= 0.6 is 0 Å². The van der Waals surface area contributed by atoms with E-state index in [0.717, 1.165) is 24.3 Å². The summed E-state index contributed by atoms with van der Waals surface area (Å²) < 4.78 is 36.9. The van der Waals surface area contributed by atoms with E-state index in [9.17, 15) is 22.8 Å². The van der Waals surface area contributed by atoms with E-state index in [1.807, 2.05) is 0 Å². The molecule has 1 aromatic carbocycles. The Morgan fingerprint density at radius 1 is 1.19 bits per heavy atom. The Balaban J connectivity index is 2.84. The molecule has 0 aromatic heterocycles. The molecule has 0 aliphatic heterocycles. The van der Waals surface area contributed by atoms with Crippen LogP contribution in [0.5, 0.6) is 0 Å². The van der Waals surface area contributed by atoms with Gasteiger partial charge in [-0.15, -0.1) is 0 Å². The summed E-state index contributed by atoms with van der Waals surface area (Å²) in [7, 11) is 0. The fraction of sp³-hybridized carbons (Fsp3) is 0.111.